The third-order valence-electron chi connectivity index (χ3n) is 4.02. The van der Waals surface area contributed by atoms with Gasteiger partial charge in [-0.3, -0.25) is 0 Å². The van der Waals surface area contributed by atoms with Crippen LogP contribution in [0.2, 0.25) is 0 Å². The van der Waals surface area contributed by atoms with E-state index >= 15 is 0 Å². The molecule has 0 N–H and O–H groups in total. The first-order valence-corrected chi connectivity index (χ1v) is 8.54. The molecular formula is C19H18N2O3Se. The average Bonchev–Trinajstić information content (AvgIpc) is 2.86. The van der Waals surface area contributed by atoms with Gasteiger partial charge in [0.1, 0.15) is 0 Å². The minimum absolute atomic E-state index is 0.115. The fourth-order valence-corrected chi connectivity index (χ4v) is 3.32. The van der Waals surface area contributed by atoms with Crippen LogP contribution in [0.15, 0.2) is 54.2 Å². The molecule has 1 heterocycles. The Labute approximate surface area is 154 Å². The van der Waals surface area contributed by atoms with Gasteiger partial charge in [-0.25, -0.2) is 0 Å². The zero-order valence-electron chi connectivity index (χ0n) is 14.2. The van der Waals surface area contributed by atoms with Crippen LogP contribution in [0.3, 0.4) is 0 Å². The molecule has 0 atom stereocenters. The number of methoxy groups -OCH3 is 2. The number of carbonyl (C=O) groups excluding carboxylic acids is 1. The third-order valence-corrected chi connectivity index (χ3v) is 4.98. The molecule has 0 bridgehead atoms. The van der Waals surface area contributed by atoms with Gasteiger partial charge in [-0.05, 0) is 0 Å². The van der Waals surface area contributed by atoms with Crippen molar-refractivity contribution in [1.29, 1.82) is 0 Å². The van der Waals surface area contributed by atoms with Crippen LogP contribution in [-0.4, -0.2) is 52.3 Å². The summed E-state index contributed by atoms with van der Waals surface area (Å²) in [6.45, 7) is 0. The van der Waals surface area contributed by atoms with Crippen LogP contribution >= 0.6 is 0 Å². The van der Waals surface area contributed by atoms with E-state index < -0.39 is 0 Å². The molecular weight excluding hydrogens is 383 g/mol. The number of amides is 1. The number of carbonyl (C=O) groups is 1. The molecule has 1 amide bonds. The van der Waals surface area contributed by atoms with E-state index in [9.17, 15) is 4.79 Å². The number of rotatable bonds is 4. The first-order chi connectivity index (χ1) is 12.1. The van der Waals surface area contributed by atoms with Crippen molar-refractivity contribution in [1.82, 2.24) is 4.90 Å². The fraction of sp³-hybridized carbons (Fsp3) is 0.158. The zero-order valence-corrected chi connectivity index (χ0v) is 15.9. The summed E-state index contributed by atoms with van der Waals surface area (Å²) in [5.74, 6) is 1.18. The van der Waals surface area contributed by atoms with E-state index in [1.807, 2.05) is 60.5 Å². The second kappa shape index (κ2) is 7.13. The first kappa shape index (κ1) is 17.3. The Bertz CT molecular complexity index is 827. The molecule has 0 aliphatic carbocycles. The SMILES string of the molecule is COc1cccc(OC)c1C=C1C(=O)N(c2ccccc2)C(=[Se])N1C. The van der Waals surface area contributed by atoms with Gasteiger partial charge in [0.15, 0.2) is 0 Å². The molecule has 0 aromatic heterocycles. The second-order valence-electron chi connectivity index (χ2n) is 5.42. The summed E-state index contributed by atoms with van der Waals surface area (Å²) in [6, 6.07) is 15.1. The van der Waals surface area contributed by atoms with Crippen molar-refractivity contribution < 1.29 is 14.3 Å². The van der Waals surface area contributed by atoms with Crippen LogP contribution in [0.4, 0.5) is 5.69 Å². The van der Waals surface area contributed by atoms with Crippen LogP contribution in [0.5, 0.6) is 11.5 Å². The van der Waals surface area contributed by atoms with Gasteiger partial charge in [-0.1, -0.05) is 0 Å². The van der Waals surface area contributed by atoms with E-state index in [4.69, 9.17) is 9.47 Å². The monoisotopic (exact) mass is 402 g/mol. The summed E-state index contributed by atoms with van der Waals surface area (Å²) in [5.41, 5.74) is 2.06. The summed E-state index contributed by atoms with van der Waals surface area (Å²) < 4.78 is 11.6. The van der Waals surface area contributed by atoms with E-state index in [0.717, 1.165) is 15.9 Å². The van der Waals surface area contributed by atoms with Crippen molar-refractivity contribution in [3.63, 3.8) is 0 Å². The number of para-hydroxylation sites is 1. The molecule has 2 aromatic carbocycles. The van der Waals surface area contributed by atoms with E-state index in [0.29, 0.717) is 17.2 Å². The Kier molecular flexibility index (Phi) is 4.93. The Hall–Kier alpha value is -2.56. The van der Waals surface area contributed by atoms with Crippen LogP contribution in [0, 0.1) is 0 Å². The number of likely N-dealkylation sites (N-methyl/N-ethyl adjacent to an activating group) is 1. The molecule has 1 aliphatic heterocycles. The van der Waals surface area contributed by atoms with Crippen LogP contribution in [0.1, 0.15) is 5.56 Å². The average molecular weight is 401 g/mol. The molecule has 3 rings (SSSR count). The number of anilines is 1. The van der Waals surface area contributed by atoms with Crippen LogP contribution in [-0.2, 0) is 4.79 Å². The molecule has 128 valence electrons. The van der Waals surface area contributed by atoms with Crippen molar-refractivity contribution in [2.45, 2.75) is 0 Å². The maximum absolute atomic E-state index is 13.0. The van der Waals surface area contributed by atoms with Gasteiger partial charge >= 0.3 is 155 Å². The van der Waals surface area contributed by atoms with Gasteiger partial charge in [0, 0.05) is 0 Å². The number of benzene rings is 2. The molecule has 0 saturated carbocycles. The maximum atomic E-state index is 13.0. The van der Waals surface area contributed by atoms with Crippen molar-refractivity contribution in [2.24, 2.45) is 0 Å². The van der Waals surface area contributed by atoms with E-state index in [1.165, 1.54) is 0 Å². The van der Waals surface area contributed by atoms with Crippen molar-refractivity contribution in [2.75, 3.05) is 26.2 Å². The quantitative estimate of drug-likeness (QED) is 0.583. The minimum atomic E-state index is -0.115. The van der Waals surface area contributed by atoms with Gasteiger partial charge in [-0.15, -0.1) is 0 Å². The molecule has 0 radical (unpaired) electrons. The summed E-state index contributed by atoms with van der Waals surface area (Å²) in [7, 11) is 5.04. The summed E-state index contributed by atoms with van der Waals surface area (Å²) in [4.78, 5) is 16.5. The van der Waals surface area contributed by atoms with Gasteiger partial charge in [-0.2, -0.15) is 0 Å². The van der Waals surface area contributed by atoms with E-state index in [1.54, 1.807) is 25.2 Å². The number of nitrogens with zero attached hydrogens (tertiary/aromatic N) is 2. The van der Waals surface area contributed by atoms with Crippen LogP contribution < -0.4 is 14.4 Å². The van der Waals surface area contributed by atoms with Crippen molar-refractivity contribution in [3.8, 4) is 11.5 Å². The van der Waals surface area contributed by atoms with Gasteiger partial charge in [0.2, 0.25) is 0 Å². The third kappa shape index (κ3) is 3.06. The zero-order chi connectivity index (χ0) is 18.0. The molecule has 1 fully saturated rings. The molecule has 1 aliphatic rings. The normalized spacial score (nSPS) is 15.9. The fourth-order valence-electron chi connectivity index (χ4n) is 2.72. The molecule has 0 spiro atoms. The molecule has 5 nitrogen and oxygen atoms in total. The predicted molar refractivity (Wildman–Crippen MR) is 100.0 cm³/mol. The Balaban J connectivity index is 2.08. The van der Waals surface area contributed by atoms with Gasteiger partial charge in [0.25, 0.3) is 0 Å². The van der Waals surface area contributed by atoms with Crippen molar-refractivity contribution in [3.05, 3.63) is 59.8 Å². The second-order valence-corrected chi connectivity index (χ2v) is 6.19. The topological polar surface area (TPSA) is 42.0 Å². The Morgan fingerprint density at radius 3 is 2.12 bits per heavy atom. The van der Waals surface area contributed by atoms with Gasteiger partial charge < -0.3 is 0 Å². The number of ether oxygens (including phenoxy) is 2. The first-order valence-electron chi connectivity index (χ1n) is 7.68. The molecule has 25 heavy (non-hydrogen) atoms. The summed E-state index contributed by atoms with van der Waals surface area (Å²) in [6.07, 6.45) is 1.79. The molecule has 0 unspecified atom stereocenters. The van der Waals surface area contributed by atoms with Crippen LogP contribution in [0.25, 0.3) is 6.08 Å². The van der Waals surface area contributed by atoms with E-state index in [2.05, 4.69) is 15.6 Å². The Morgan fingerprint density at radius 1 is 0.960 bits per heavy atom. The van der Waals surface area contributed by atoms with Gasteiger partial charge in [0.05, 0.1) is 0 Å². The number of hydrogen-bond donors (Lipinski definition) is 0. The predicted octanol–water partition coefficient (Wildman–Crippen LogP) is 2.28. The standard InChI is InChI=1S/C19H18N2O3Se/c1-20-15(12-14-16(23-2)10-7-11-17(14)24-3)18(22)21(19(20)25)13-8-5-4-6-9-13/h4-12H,1-3H3. The Morgan fingerprint density at radius 2 is 1.56 bits per heavy atom. The van der Waals surface area contributed by atoms with Crippen molar-refractivity contribution >= 4 is 37.9 Å². The summed E-state index contributed by atoms with van der Waals surface area (Å²) >= 11 is 2.98. The molecule has 1 saturated heterocycles. The summed E-state index contributed by atoms with van der Waals surface area (Å²) in [5, 5.41) is 0. The molecule has 6 heteroatoms. The molecule has 2 aromatic rings. The number of hydrogen-bond acceptors (Lipinski definition) is 4. The van der Waals surface area contributed by atoms with E-state index in [-0.39, 0.29) is 5.91 Å².